The van der Waals surface area contributed by atoms with E-state index in [1.807, 2.05) is 0 Å². The number of para-hydroxylation sites is 1. The van der Waals surface area contributed by atoms with Gasteiger partial charge in [0.15, 0.2) is 5.60 Å². The molecule has 0 radical (unpaired) electrons. The van der Waals surface area contributed by atoms with Crippen molar-refractivity contribution in [2.45, 2.75) is 37.5 Å². The predicted molar refractivity (Wildman–Crippen MR) is 65.9 cm³/mol. The lowest BCUT2D eigenvalue weighted by atomic mass is 9.80. The van der Waals surface area contributed by atoms with E-state index >= 15 is 0 Å². The second-order valence-corrected chi connectivity index (χ2v) is 5.43. The molecular formula is C14H14F3NO2. The van der Waals surface area contributed by atoms with E-state index in [9.17, 15) is 23.1 Å². The number of alkyl halides is 3. The van der Waals surface area contributed by atoms with Crippen LogP contribution in [-0.4, -0.2) is 11.0 Å². The van der Waals surface area contributed by atoms with Gasteiger partial charge in [-0.25, -0.2) is 0 Å². The molecule has 0 bridgehead atoms. The fraction of sp³-hybridized carbons (Fsp3) is 0.500. The first kappa shape index (κ1) is 13.4. The normalized spacial score (nSPS) is 26.7. The number of nitrogens with one attached hydrogen (secondary N) is 1. The Morgan fingerprint density at radius 3 is 2.50 bits per heavy atom. The van der Waals surface area contributed by atoms with Crippen molar-refractivity contribution >= 4 is 11.6 Å². The molecule has 6 heteroatoms. The van der Waals surface area contributed by atoms with Crippen LogP contribution < -0.4 is 5.32 Å². The number of aliphatic hydroxyl groups is 1. The van der Waals surface area contributed by atoms with Gasteiger partial charge in [-0.1, -0.05) is 25.0 Å². The number of amides is 1. The van der Waals surface area contributed by atoms with Gasteiger partial charge >= 0.3 is 6.18 Å². The molecule has 3 nitrogen and oxygen atoms in total. The number of fused-ring (bicyclic) bond motifs is 1. The average Bonchev–Trinajstić information content (AvgIpc) is 2.97. The highest BCUT2D eigenvalue weighted by molar-refractivity contribution is 6.06. The highest BCUT2D eigenvalue weighted by Crippen LogP contribution is 2.50. The minimum atomic E-state index is -4.56. The number of hydrogen-bond donors (Lipinski definition) is 2. The van der Waals surface area contributed by atoms with Gasteiger partial charge in [0, 0.05) is 11.5 Å². The summed E-state index contributed by atoms with van der Waals surface area (Å²) in [6.07, 6.45) is -1.48. The number of halogens is 3. The second kappa shape index (κ2) is 4.22. The molecule has 3 rings (SSSR count). The molecule has 1 aromatic rings. The molecular weight excluding hydrogens is 271 g/mol. The van der Waals surface area contributed by atoms with Crippen LogP contribution in [0.1, 0.15) is 36.8 Å². The van der Waals surface area contributed by atoms with Gasteiger partial charge in [-0.3, -0.25) is 4.79 Å². The van der Waals surface area contributed by atoms with Crippen LogP contribution in [-0.2, 0) is 16.6 Å². The largest absolute Gasteiger partial charge is 0.418 e. The highest BCUT2D eigenvalue weighted by atomic mass is 19.4. The van der Waals surface area contributed by atoms with Crippen LogP contribution in [0.5, 0.6) is 0 Å². The zero-order valence-corrected chi connectivity index (χ0v) is 10.6. The molecule has 1 atom stereocenters. The molecule has 2 aliphatic rings. The van der Waals surface area contributed by atoms with Gasteiger partial charge in [-0.15, -0.1) is 0 Å². The van der Waals surface area contributed by atoms with Crippen molar-refractivity contribution in [3.8, 4) is 0 Å². The molecule has 0 aromatic heterocycles. The molecule has 1 aliphatic heterocycles. The summed E-state index contributed by atoms with van der Waals surface area (Å²) in [6.45, 7) is 0. The van der Waals surface area contributed by atoms with Gasteiger partial charge in [-0.2, -0.15) is 13.2 Å². The average molecular weight is 285 g/mol. The van der Waals surface area contributed by atoms with Crippen LogP contribution in [0.2, 0.25) is 0 Å². The van der Waals surface area contributed by atoms with Crippen LogP contribution in [0.3, 0.4) is 0 Å². The quantitative estimate of drug-likeness (QED) is 0.833. The van der Waals surface area contributed by atoms with Gasteiger partial charge in [0.2, 0.25) is 0 Å². The van der Waals surface area contributed by atoms with Crippen LogP contribution in [0.4, 0.5) is 18.9 Å². The zero-order valence-electron chi connectivity index (χ0n) is 10.6. The molecule has 1 fully saturated rings. The highest BCUT2D eigenvalue weighted by Gasteiger charge is 2.53. The zero-order chi connectivity index (χ0) is 14.5. The first-order valence-corrected chi connectivity index (χ1v) is 6.59. The van der Waals surface area contributed by atoms with Crippen molar-refractivity contribution in [3.63, 3.8) is 0 Å². The SMILES string of the molecule is O=C1Nc2c(C(F)(F)F)cccc2C1(O)C1CCCC1. The summed E-state index contributed by atoms with van der Waals surface area (Å²) in [5.74, 6) is -1.05. The lowest BCUT2D eigenvalue weighted by molar-refractivity contribution is -0.139. The number of benzene rings is 1. The van der Waals surface area contributed by atoms with Gasteiger partial charge in [0.25, 0.3) is 5.91 Å². The van der Waals surface area contributed by atoms with E-state index < -0.39 is 23.2 Å². The van der Waals surface area contributed by atoms with E-state index in [1.165, 1.54) is 12.1 Å². The van der Waals surface area contributed by atoms with Crippen LogP contribution in [0, 0.1) is 5.92 Å². The van der Waals surface area contributed by atoms with Crippen LogP contribution in [0.25, 0.3) is 0 Å². The Balaban J connectivity index is 2.14. The minimum Gasteiger partial charge on any atom is -0.375 e. The molecule has 0 saturated heterocycles. The molecule has 1 aliphatic carbocycles. The smallest absolute Gasteiger partial charge is 0.375 e. The van der Waals surface area contributed by atoms with Crippen molar-refractivity contribution < 1.29 is 23.1 Å². The number of hydrogen-bond acceptors (Lipinski definition) is 2. The molecule has 20 heavy (non-hydrogen) atoms. The lowest BCUT2D eigenvalue weighted by Gasteiger charge is -2.27. The predicted octanol–water partition coefficient (Wildman–Crippen LogP) is 3.04. The van der Waals surface area contributed by atoms with Crippen LogP contribution >= 0.6 is 0 Å². The minimum absolute atomic E-state index is 0.0595. The Hall–Kier alpha value is -1.56. The van der Waals surface area contributed by atoms with E-state index in [0.717, 1.165) is 18.9 Å². The van der Waals surface area contributed by atoms with Crippen molar-refractivity contribution in [2.24, 2.45) is 5.92 Å². The lowest BCUT2D eigenvalue weighted by Crippen LogP contribution is -2.40. The van der Waals surface area contributed by atoms with E-state index in [0.29, 0.717) is 12.8 Å². The fourth-order valence-corrected chi connectivity index (χ4v) is 3.32. The van der Waals surface area contributed by atoms with Gasteiger partial charge in [-0.05, 0) is 18.9 Å². The third kappa shape index (κ3) is 1.74. The van der Waals surface area contributed by atoms with Crippen molar-refractivity contribution in [2.75, 3.05) is 5.32 Å². The van der Waals surface area contributed by atoms with E-state index in [4.69, 9.17) is 0 Å². The van der Waals surface area contributed by atoms with Gasteiger partial charge < -0.3 is 10.4 Å². The van der Waals surface area contributed by atoms with E-state index in [-0.39, 0.29) is 17.2 Å². The number of rotatable bonds is 1. The maximum Gasteiger partial charge on any atom is 0.418 e. The summed E-state index contributed by atoms with van der Waals surface area (Å²) in [6, 6.07) is 3.56. The molecule has 1 aromatic carbocycles. The number of carbonyl (C=O) groups excluding carboxylic acids is 1. The standard InChI is InChI=1S/C14H14F3NO2/c15-14(16,17)10-7-3-6-9-11(10)18-12(19)13(9,20)8-4-1-2-5-8/h3,6-8,20H,1-2,4-5H2,(H,18,19). The molecule has 2 N–H and O–H groups in total. The Morgan fingerprint density at radius 2 is 1.90 bits per heavy atom. The third-order valence-corrected chi connectivity index (χ3v) is 4.31. The topological polar surface area (TPSA) is 49.3 Å². The van der Waals surface area contributed by atoms with Gasteiger partial charge in [0.1, 0.15) is 0 Å². The van der Waals surface area contributed by atoms with E-state index in [1.54, 1.807) is 0 Å². The molecule has 1 saturated carbocycles. The Morgan fingerprint density at radius 1 is 1.25 bits per heavy atom. The fourth-order valence-electron chi connectivity index (χ4n) is 3.32. The monoisotopic (exact) mass is 285 g/mol. The summed E-state index contributed by atoms with van der Waals surface area (Å²) in [7, 11) is 0. The molecule has 108 valence electrons. The van der Waals surface area contributed by atoms with Crippen molar-refractivity contribution in [1.82, 2.24) is 0 Å². The number of anilines is 1. The Bertz CT molecular complexity index is 564. The summed E-state index contributed by atoms with van der Waals surface area (Å²) in [4.78, 5) is 12.1. The Kier molecular flexibility index (Phi) is 2.83. The first-order chi connectivity index (χ1) is 9.35. The molecule has 1 unspecified atom stereocenters. The Labute approximate surface area is 113 Å². The summed E-state index contributed by atoms with van der Waals surface area (Å²) >= 11 is 0. The molecule has 1 amide bonds. The van der Waals surface area contributed by atoms with E-state index in [2.05, 4.69) is 5.32 Å². The molecule has 1 heterocycles. The maximum atomic E-state index is 13.0. The summed E-state index contributed by atoms with van der Waals surface area (Å²) in [5, 5.41) is 13.0. The van der Waals surface area contributed by atoms with Crippen molar-refractivity contribution in [3.05, 3.63) is 29.3 Å². The van der Waals surface area contributed by atoms with Crippen LogP contribution in [0.15, 0.2) is 18.2 Å². The second-order valence-electron chi connectivity index (χ2n) is 5.43. The third-order valence-electron chi connectivity index (χ3n) is 4.31. The number of carbonyl (C=O) groups is 1. The van der Waals surface area contributed by atoms with Crippen molar-refractivity contribution in [1.29, 1.82) is 0 Å². The molecule has 0 spiro atoms. The van der Waals surface area contributed by atoms with Gasteiger partial charge in [0.05, 0.1) is 11.3 Å². The maximum absolute atomic E-state index is 13.0. The first-order valence-electron chi connectivity index (χ1n) is 6.59. The summed E-state index contributed by atoms with van der Waals surface area (Å²) < 4.78 is 38.9. The summed E-state index contributed by atoms with van der Waals surface area (Å²) in [5.41, 5.74) is -2.96.